The molecule has 0 aliphatic carbocycles. The third kappa shape index (κ3) is 2.90. The minimum atomic E-state index is -0.311. The number of amides is 1. The lowest BCUT2D eigenvalue weighted by Gasteiger charge is -2.24. The minimum absolute atomic E-state index is 0.127. The van der Waals surface area contributed by atoms with Gasteiger partial charge in [0.1, 0.15) is 5.82 Å². The van der Waals surface area contributed by atoms with Gasteiger partial charge in [0.2, 0.25) is 5.91 Å². The van der Waals surface area contributed by atoms with Gasteiger partial charge in [-0.3, -0.25) is 9.59 Å². The first kappa shape index (κ1) is 17.8. The highest BCUT2D eigenvalue weighted by Gasteiger charge is 2.33. The fourth-order valence-corrected chi connectivity index (χ4v) is 3.52. The monoisotopic (exact) mass is 381 g/mol. The molecule has 1 atom stereocenters. The maximum Gasteiger partial charge on any atom is 0.264 e. The molecular formula is C19H19N5O4. The van der Waals surface area contributed by atoms with Crippen molar-refractivity contribution in [1.82, 2.24) is 20.0 Å². The van der Waals surface area contributed by atoms with Crippen molar-refractivity contribution in [2.24, 2.45) is 0 Å². The number of aromatic nitrogens is 4. The lowest BCUT2D eigenvalue weighted by molar-refractivity contribution is -0.116. The van der Waals surface area contributed by atoms with Gasteiger partial charge in [0.05, 0.1) is 19.9 Å². The maximum absolute atomic E-state index is 12.4. The zero-order valence-corrected chi connectivity index (χ0v) is 15.6. The minimum Gasteiger partial charge on any atom is -0.493 e. The SMILES string of the molecule is COc1ccc([C@H]2CC(=O)Nc3c2c(C)nn3-c2ccc(=O)[nH]n2)cc1OC. The second kappa shape index (κ2) is 6.84. The highest BCUT2D eigenvalue weighted by Crippen LogP contribution is 2.42. The fourth-order valence-electron chi connectivity index (χ4n) is 3.52. The lowest BCUT2D eigenvalue weighted by Crippen LogP contribution is -2.25. The highest BCUT2D eigenvalue weighted by molar-refractivity contribution is 5.95. The van der Waals surface area contributed by atoms with Crippen LogP contribution in [0.3, 0.4) is 0 Å². The number of fused-ring (bicyclic) bond motifs is 1. The summed E-state index contributed by atoms with van der Waals surface area (Å²) >= 11 is 0. The number of carbonyl (C=O) groups excluding carboxylic acids is 1. The number of ether oxygens (including phenoxy) is 2. The van der Waals surface area contributed by atoms with E-state index < -0.39 is 0 Å². The van der Waals surface area contributed by atoms with E-state index in [1.54, 1.807) is 20.3 Å². The summed E-state index contributed by atoms with van der Waals surface area (Å²) in [5.41, 5.74) is 2.28. The molecule has 1 amide bonds. The molecule has 0 saturated heterocycles. The summed E-state index contributed by atoms with van der Waals surface area (Å²) in [6.07, 6.45) is 0.286. The molecule has 0 unspecified atom stereocenters. The van der Waals surface area contributed by atoms with Crippen molar-refractivity contribution < 1.29 is 14.3 Å². The smallest absolute Gasteiger partial charge is 0.264 e. The van der Waals surface area contributed by atoms with E-state index in [2.05, 4.69) is 20.6 Å². The lowest BCUT2D eigenvalue weighted by atomic mass is 9.85. The molecule has 2 N–H and O–H groups in total. The summed E-state index contributed by atoms with van der Waals surface area (Å²) in [7, 11) is 3.15. The number of nitrogens with one attached hydrogen (secondary N) is 2. The number of rotatable bonds is 4. The molecule has 1 aliphatic rings. The number of anilines is 1. The second-order valence-corrected chi connectivity index (χ2v) is 6.46. The Morgan fingerprint density at radius 1 is 1.11 bits per heavy atom. The van der Waals surface area contributed by atoms with E-state index in [-0.39, 0.29) is 23.8 Å². The number of nitrogens with zero attached hydrogens (tertiary/aromatic N) is 3. The Balaban J connectivity index is 1.85. The van der Waals surface area contributed by atoms with E-state index >= 15 is 0 Å². The Labute approximate surface area is 160 Å². The van der Waals surface area contributed by atoms with Crippen molar-refractivity contribution in [1.29, 1.82) is 0 Å². The molecule has 28 heavy (non-hydrogen) atoms. The van der Waals surface area contributed by atoms with Gasteiger partial charge in [-0.2, -0.15) is 14.9 Å². The summed E-state index contributed by atoms with van der Waals surface area (Å²) in [4.78, 5) is 23.8. The molecule has 0 radical (unpaired) electrons. The van der Waals surface area contributed by atoms with Crippen molar-refractivity contribution in [2.45, 2.75) is 19.3 Å². The molecular weight excluding hydrogens is 362 g/mol. The second-order valence-electron chi connectivity index (χ2n) is 6.46. The van der Waals surface area contributed by atoms with Crippen LogP contribution in [0, 0.1) is 6.92 Å². The van der Waals surface area contributed by atoms with Crippen LogP contribution >= 0.6 is 0 Å². The Hall–Kier alpha value is -3.62. The average molecular weight is 381 g/mol. The molecule has 3 aromatic rings. The van der Waals surface area contributed by atoms with Crippen molar-refractivity contribution in [2.75, 3.05) is 19.5 Å². The van der Waals surface area contributed by atoms with Crippen LogP contribution in [0.1, 0.15) is 29.2 Å². The summed E-state index contributed by atoms with van der Waals surface area (Å²) < 4.78 is 12.2. The highest BCUT2D eigenvalue weighted by atomic mass is 16.5. The van der Waals surface area contributed by atoms with Gasteiger partial charge >= 0.3 is 0 Å². The first-order chi connectivity index (χ1) is 13.5. The predicted molar refractivity (Wildman–Crippen MR) is 101 cm³/mol. The number of benzene rings is 1. The number of aromatic amines is 1. The normalized spacial score (nSPS) is 15.7. The van der Waals surface area contributed by atoms with E-state index in [1.807, 2.05) is 25.1 Å². The van der Waals surface area contributed by atoms with Gasteiger partial charge in [0, 0.05) is 24.0 Å². The number of carbonyl (C=O) groups is 1. The summed E-state index contributed by atoms with van der Waals surface area (Å²) in [5.74, 6) is 1.86. The van der Waals surface area contributed by atoms with Crippen LogP contribution in [0.5, 0.6) is 11.5 Å². The van der Waals surface area contributed by atoms with Crippen molar-refractivity contribution in [3.05, 3.63) is 57.5 Å². The van der Waals surface area contributed by atoms with Gasteiger partial charge in [0.15, 0.2) is 17.3 Å². The molecule has 4 rings (SSSR count). The topological polar surface area (TPSA) is 111 Å². The molecule has 0 fully saturated rings. The molecule has 2 aromatic heterocycles. The van der Waals surface area contributed by atoms with Gasteiger partial charge in [-0.25, -0.2) is 5.10 Å². The third-order valence-corrected chi connectivity index (χ3v) is 4.79. The van der Waals surface area contributed by atoms with Crippen LogP contribution in [-0.2, 0) is 4.79 Å². The van der Waals surface area contributed by atoms with E-state index in [1.165, 1.54) is 10.7 Å². The zero-order chi connectivity index (χ0) is 19.8. The largest absolute Gasteiger partial charge is 0.493 e. The van der Waals surface area contributed by atoms with Gasteiger partial charge in [0.25, 0.3) is 5.56 Å². The number of hydrogen-bond donors (Lipinski definition) is 2. The number of methoxy groups -OCH3 is 2. The van der Waals surface area contributed by atoms with Crippen LogP contribution in [0.2, 0.25) is 0 Å². The molecule has 1 aromatic carbocycles. The number of H-pyrrole nitrogens is 1. The molecule has 0 bridgehead atoms. The Morgan fingerprint density at radius 3 is 2.57 bits per heavy atom. The fraction of sp³-hybridized carbons (Fsp3) is 0.263. The molecule has 3 heterocycles. The van der Waals surface area contributed by atoms with E-state index in [0.29, 0.717) is 23.1 Å². The first-order valence-electron chi connectivity index (χ1n) is 8.69. The maximum atomic E-state index is 12.4. The van der Waals surface area contributed by atoms with Crippen LogP contribution in [0.4, 0.5) is 5.82 Å². The quantitative estimate of drug-likeness (QED) is 0.712. The third-order valence-electron chi connectivity index (χ3n) is 4.79. The summed E-state index contributed by atoms with van der Waals surface area (Å²) in [5, 5.41) is 13.8. The first-order valence-corrected chi connectivity index (χ1v) is 8.69. The molecule has 9 nitrogen and oxygen atoms in total. The van der Waals surface area contributed by atoms with Crippen LogP contribution in [0.15, 0.2) is 35.1 Å². The van der Waals surface area contributed by atoms with Gasteiger partial charge < -0.3 is 14.8 Å². The Kier molecular flexibility index (Phi) is 4.34. The van der Waals surface area contributed by atoms with Crippen molar-refractivity contribution in [3.63, 3.8) is 0 Å². The number of aryl methyl sites for hydroxylation is 1. The molecule has 144 valence electrons. The van der Waals surface area contributed by atoms with E-state index in [0.717, 1.165) is 16.8 Å². The van der Waals surface area contributed by atoms with Gasteiger partial charge in [-0.15, -0.1) is 0 Å². The predicted octanol–water partition coefficient (Wildman–Crippen LogP) is 1.76. The van der Waals surface area contributed by atoms with Crippen molar-refractivity contribution in [3.8, 4) is 17.3 Å². The number of hydrogen-bond acceptors (Lipinski definition) is 6. The zero-order valence-electron chi connectivity index (χ0n) is 15.6. The molecule has 1 aliphatic heterocycles. The van der Waals surface area contributed by atoms with Gasteiger partial charge in [-0.05, 0) is 30.7 Å². The van der Waals surface area contributed by atoms with Crippen LogP contribution < -0.4 is 20.3 Å². The molecule has 9 heteroatoms. The Morgan fingerprint density at radius 2 is 1.89 bits per heavy atom. The van der Waals surface area contributed by atoms with E-state index in [9.17, 15) is 9.59 Å². The van der Waals surface area contributed by atoms with Crippen LogP contribution in [-0.4, -0.2) is 40.1 Å². The van der Waals surface area contributed by atoms with Gasteiger partial charge in [-0.1, -0.05) is 6.07 Å². The Bertz CT molecular complexity index is 1100. The van der Waals surface area contributed by atoms with E-state index in [4.69, 9.17) is 9.47 Å². The van der Waals surface area contributed by atoms with Crippen LogP contribution in [0.25, 0.3) is 5.82 Å². The summed E-state index contributed by atoms with van der Waals surface area (Å²) in [6.45, 7) is 1.88. The summed E-state index contributed by atoms with van der Waals surface area (Å²) in [6, 6.07) is 8.54. The van der Waals surface area contributed by atoms with Crippen molar-refractivity contribution >= 4 is 11.7 Å². The molecule has 0 spiro atoms. The molecule has 0 saturated carbocycles. The standard InChI is InChI=1S/C19H19N5O4/c1-10-18-12(11-4-5-13(27-2)14(8-11)28-3)9-17(26)20-19(18)24(23-10)15-6-7-16(25)22-21-15/h4-8,12H,9H2,1-3H3,(H,20,26)(H,22,25)/t12-/m1/s1. The average Bonchev–Trinajstić information content (AvgIpc) is 3.03.